The lowest BCUT2D eigenvalue weighted by Gasteiger charge is -2.08. The lowest BCUT2D eigenvalue weighted by atomic mass is 10.2. The highest BCUT2D eigenvalue weighted by Crippen LogP contribution is 2.13. The first kappa shape index (κ1) is 24.7. The van der Waals surface area contributed by atoms with Crippen LogP contribution in [0.4, 0.5) is 0 Å². The zero-order valence-electron chi connectivity index (χ0n) is 17.2. The number of aliphatic imine (C=N–C) groups is 2. The van der Waals surface area contributed by atoms with Gasteiger partial charge in [-0.3, -0.25) is 9.98 Å². The summed E-state index contributed by atoms with van der Waals surface area (Å²) in [6.07, 6.45) is 6.50. The summed E-state index contributed by atoms with van der Waals surface area (Å²) >= 11 is 0. The van der Waals surface area contributed by atoms with Crippen molar-refractivity contribution in [3.05, 3.63) is 48.0 Å². The van der Waals surface area contributed by atoms with Crippen molar-refractivity contribution < 1.29 is 9.47 Å². The van der Waals surface area contributed by atoms with Crippen LogP contribution in [0.15, 0.2) is 46.6 Å². The van der Waals surface area contributed by atoms with Crippen molar-refractivity contribution in [3.8, 4) is 11.5 Å². The Bertz CT molecular complexity index is 788. The van der Waals surface area contributed by atoms with Crippen LogP contribution in [-0.4, -0.2) is 61.0 Å². The summed E-state index contributed by atoms with van der Waals surface area (Å²) in [5.41, 5.74) is 1.73. The normalized spacial score (nSPS) is 14.3. The predicted molar refractivity (Wildman–Crippen MR) is 127 cm³/mol. The minimum Gasteiger partial charge on any atom is -0.492 e. The van der Waals surface area contributed by atoms with Crippen molar-refractivity contribution in [2.45, 2.75) is 19.3 Å². The molecule has 4 heterocycles. The van der Waals surface area contributed by atoms with Crippen LogP contribution >= 0.6 is 24.8 Å². The molecule has 31 heavy (non-hydrogen) atoms. The third-order valence-corrected chi connectivity index (χ3v) is 4.63. The Hall–Kier alpha value is -2.58. The number of unbranched alkanes of at least 4 members (excludes halogenated alkanes) is 2. The number of rotatable bonds is 10. The number of amidine groups is 2. The first-order chi connectivity index (χ1) is 14.4. The van der Waals surface area contributed by atoms with Gasteiger partial charge >= 0.3 is 0 Å². The number of hydrogen-bond acceptors (Lipinski definition) is 8. The summed E-state index contributed by atoms with van der Waals surface area (Å²) in [4.78, 5) is 17.5. The molecule has 2 aliphatic rings. The zero-order chi connectivity index (χ0) is 19.7. The smallest absolute Gasteiger partial charge is 0.147 e. The van der Waals surface area contributed by atoms with Gasteiger partial charge < -0.3 is 20.1 Å². The third kappa shape index (κ3) is 7.25. The van der Waals surface area contributed by atoms with Crippen LogP contribution in [0.2, 0.25) is 0 Å². The van der Waals surface area contributed by atoms with Gasteiger partial charge in [0.15, 0.2) is 0 Å². The maximum Gasteiger partial charge on any atom is 0.147 e. The summed E-state index contributed by atoms with van der Waals surface area (Å²) in [6.45, 7) is 4.74. The van der Waals surface area contributed by atoms with Crippen molar-refractivity contribution in [1.82, 2.24) is 20.6 Å². The molecule has 10 heteroatoms. The van der Waals surface area contributed by atoms with E-state index in [1.165, 1.54) is 0 Å². The third-order valence-electron chi connectivity index (χ3n) is 4.63. The van der Waals surface area contributed by atoms with Crippen LogP contribution in [-0.2, 0) is 0 Å². The Morgan fingerprint density at radius 2 is 1.16 bits per heavy atom. The Morgan fingerprint density at radius 3 is 1.52 bits per heavy atom. The Balaban J connectivity index is 0.00000171. The van der Waals surface area contributed by atoms with Crippen LogP contribution in [0.25, 0.3) is 0 Å². The number of ether oxygens (including phenoxy) is 2. The van der Waals surface area contributed by atoms with E-state index in [9.17, 15) is 0 Å². The molecule has 0 radical (unpaired) electrons. The van der Waals surface area contributed by atoms with E-state index < -0.39 is 0 Å². The lowest BCUT2D eigenvalue weighted by Crippen LogP contribution is -2.20. The van der Waals surface area contributed by atoms with Crippen LogP contribution in [0, 0.1) is 0 Å². The van der Waals surface area contributed by atoms with E-state index in [1.54, 1.807) is 12.4 Å². The Morgan fingerprint density at radius 1 is 0.677 bits per heavy atom. The van der Waals surface area contributed by atoms with Crippen molar-refractivity contribution in [3.63, 3.8) is 0 Å². The van der Waals surface area contributed by atoms with E-state index >= 15 is 0 Å². The molecule has 4 rings (SSSR count). The summed E-state index contributed by atoms with van der Waals surface area (Å²) in [5.74, 6) is 3.31. The number of pyridine rings is 2. The van der Waals surface area contributed by atoms with Gasteiger partial charge in [-0.05, 0) is 43.5 Å². The highest BCUT2D eigenvalue weighted by atomic mass is 35.5. The molecule has 0 saturated carbocycles. The van der Waals surface area contributed by atoms with Gasteiger partial charge in [0, 0.05) is 13.1 Å². The molecule has 0 fully saturated rings. The summed E-state index contributed by atoms with van der Waals surface area (Å²) in [7, 11) is 0. The molecule has 2 aromatic heterocycles. The monoisotopic (exact) mass is 466 g/mol. The summed E-state index contributed by atoms with van der Waals surface area (Å²) < 4.78 is 11.5. The van der Waals surface area contributed by atoms with Crippen LogP contribution in [0.1, 0.15) is 30.7 Å². The van der Waals surface area contributed by atoms with Gasteiger partial charge in [-0.2, -0.15) is 0 Å². The highest BCUT2D eigenvalue weighted by Gasteiger charge is 2.10. The topological polar surface area (TPSA) is 93.0 Å². The SMILES string of the molecule is Cl.Cl.c1cc(C2=NCCN2)ncc1OCCCCCOc1ccc(C2=NCCN2)nc1. The van der Waals surface area contributed by atoms with Crippen molar-refractivity contribution in [1.29, 1.82) is 0 Å². The maximum absolute atomic E-state index is 5.76. The van der Waals surface area contributed by atoms with Gasteiger partial charge in [-0.1, -0.05) is 0 Å². The number of aromatic nitrogens is 2. The second-order valence-electron chi connectivity index (χ2n) is 6.83. The highest BCUT2D eigenvalue weighted by molar-refractivity contribution is 5.98. The molecule has 0 unspecified atom stereocenters. The van der Waals surface area contributed by atoms with Gasteiger partial charge in [0.1, 0.15) is 34.6 Å². The second-order valence-corrected chi connectivity index (χ2v) is 6.83. The number of nitrogens with zero attached hydrogens (tertiary/aromatic N) is 4. The minimum atomic E-state index is 0. The lowest BCUT2D eigenvalue weighted by molar-refractivity contribution is 0.278. The first-order valence-electron chi connectivity index (χ1n) is 10.1. The van der Waals surface area contributed by atoms with Gasteiger partial charge in [0.05, 0.1) is 38.7 Å². The van der Waals surface area contributed by atoms with Crippen molar-refractivity contribution in [2.75, 3.05) is 39.4 Å². The summed E-state index contributed by atoms with van der Waals surface area (Å²) in [5, 5.41) is 6.43. The average Bonchev–Trinajstić information content (AvgIpc) is 3.48. The second kappa shape index (κ2) is 13.0. The fourth-order valence-corrected chi connectivity index (χ4v) is 3.11. The van der Waals surface area contributed by atoms with E-state index in [0.717, 1.165) is 80.0 Å². The van der Waals surface area contributed by atoms with Crippen LogP contribution in [0.3, 0.4) is 0 Å². The molecule has 0 aromatic carbocycles. The van der Waals surface area contributed by atoms with E-state index in [2.05, 4.69) is 30.6 Å². The van der Waals surface area contributed by atoms with E-state index in [1.807, 2.05) is 24.3 Å². The first-order valence-corrected chi connectivity index (χ1v) is 10.1. The van der Waals surface area contributed by atoms with Gasteiger partial charge in [0.25, 0.3) is 0 Å². The van der Waals surface area contributed by atoms with E-state index in [0.29, 0.717) is 13.2 Å². The molecular weight excluding hydrogens is 439 g/mol. The van der Waals surface area contributed by atoms with Crippen molar-refractivity contribution >= 4 is 36.5 Å². The molecular formula is C21H28Cl2N6O2. The fourth-order valence-electron chi connectivity index (χ4n) is 3.11. The fraction of sp³-hybridized carbons (Fsp3) is 0.429. The predicted octanol–water partition coefficient (Wildman–Crippen LogP) is 2.65. The van der Waals surface area contributed by atoms with Gasteiger partial charge in [-0.25, -0.2) is 9.97 Å². The quantitative estimate of drug-likeness (QED) is 0.522. The molecule has 0 amide bonds. The molecule has 2 N–H and O–H groups in total. The Kier molecular flexibility index (Phi) is 10.3. The largest absolute Gasteiger partial charge is 0.492 e. The average molecular weight is 467 g/mol. The van der Waals surface area contributed by atoms with E-state index in [-0.39, 0.29) is 24.8 Å². The van der Waals surface area contributed by atoms with E-state index in [4.69, 9.17) is 9.47 Å². The van der Waals surface area contributed by atoms with Crippen LogP contribution in [0.5, 0.6) is 11.5 Å². The molecule has 0 atom stereocenters. The zero-order valence-corrected chi connectivity index (χ0v) is 18.9. The number of hydrogen-bond donors (Lipinski definition) is 2. The standard InChI is InChI=1S/C21H26N6O2.2ClH/c1(2-12-28-16-4-6-18(26-14-16)20-22-8-9-23-20)3-13-29-17-5-7-19(27-15-17)21-24-10-11-25-21;;/h4-7,14-15H,1-3,8-13H2,(H,22,23)(H,24,25);2*1H. The molecule has 168 valence electrons. The molecule has 0 aliphatic carbocycles. The molecule has 0 spiro atoms. The molecule has 0 bridgehead atoms. The van der Waals surface area contributed by atoms with Crippen LogP contribution < -0.4 is 20.1 Å². The molecule has 2 aromatic rings. The molecule has 8 nitrogen and oxygen atoms in total. The minimum absolute atomic E-state index is 0. The van der Waals surface area contributed by atoms with Gasteiger partial charge in [0.2, 0.25) is 0 Å². The Labute approximate surface area is 194 Å². The summed E-state index contributed by atoms with van der Waals surface area (Å²) in [6, 6.07) is 7.76. The molecule has 2 aliphatic heterocycles. The maximum atomic E-state index is 5.76. The van der Waals surface area contributed by atoms with Crippen molar-refractivity contribution in [2.24, 2.45) is 9.98 Å². The van der Waals surface area contributed by atoms with Gasteiger partial charge in [-0.15, -0.1) is 24.8 Å². The number of nitrogens with one attached hydrogen (secondary N) is 2. The molecule has 0 saturated heterocycles. The number of halogens is 2.